The number of nitrogens with zero attached hydrogens (tertiary/aromatic N) is 5. The van der Waals surface area contributed by atoms with Crippen molar-refractivity contribution in [1.29, 1.82) is 0 Å². The number of fused-ring (bicyclic) bond motifs is 1. The molecule has 1 fully saturated rings. The molecule has 0 atom stereocenters. The lowest BCUT2D eigenvalue weighted by Crippen LogP contribution is -2.19. The quantitative estimate of drug-likeness (QED) is 0.282. The fourth-order valence-corrected chi connectivity index (χ4v) is 3.55. The number of rotatable bonds is 11. The van der Waals surface area contributed by atoms with Gasteiger partial charge in [0.25, 0.3) is 0 Å². The van der Waals surface area contributed by atoms with Crippen molar-refractivity contribution in [2.24, 2.45) is 0 Å². The Labute approximate surface area is 200 Å². The lowest BCUT2D eigenvalue weighted by atomic mass is 10.2. The number of benzene rings is 2. The second-order valence-electron chi connectivity index (χ2n) is 8.32. The van der Waals surface area contributed by atoms with Crippen LogP contribution in [0.1, 0.15) is 19.3 Å². The van der Waals surface area contributed by atoms with E-state index in [1.54, 1.807) is 12.3 Å². The maximum atomic E-state index is 13.3. The van der Waals surface area contributed by atoms with E-state index in [0.717, 1.165) is 29.6 Å². The van der Waals surface area contributed by atoms with Crippen LogP contribution in [0, 0.1) is 5.82 Å². The van der Waals surface area contributed by atoms with Gasteiger partial charge in [-0.25, -0.2) is 19.0 Å². The number of amides is 1. The van der Waals surface area contributed by atoms with Crippen molar-refractivity contribution in [1.82, 2.24) is 30.3 Å². The molecule has 1 aliphatic carbocycles. The summed E-state index contributed by atoms with van der Waals surface area (Å²) in [6.07, 6.45) is 6.56. The fraction of sp³-hybridized carbons (Fsp3) is 0.292. The van der Waals surface area contributed by atoms with Gasteiger partial charge in [-0.3, -0.25) is 4.79 Å². The lowest BCUT2D eigenvalue weighted by molar-refractivity contribution is -0.116. The van der Waals surface area contributed by atoms with E-state index < -0.39 is 5.82 Å². The van der Waals surface area contributed by atoms with Crippen molar-refractivity contribution >= 4 is 34.1 Å². The molecular weight excluding hydrogens is 451 g/mol. The Morgan fingerprint density at radius 2 is 2.09 bits per heavy atom. The molecule has 0 radical (unpaired) electrons. The lowest BCUT2D eigenvalue weighted by Gasteiger charge is -2.09. The molecule has 2 aromatic carbocycles. The van der Waals surface area contributed by atoms with Gasteiger partial charge in [0.05, 0.1) is 18.3 Å². The third-order valence-corrected chi connectivity index (χ3v) is 5.41. The molecule has 0 spiro atoms. The molecule has 0 bridgehead atoms. The third kappa shape index (κ3) is 6.27. The highest BCUT2D eigenvalue weighted by molar-refractivity contribution is 5.91. The van der Waals surface area contributed by atoms with E-state index in [2.05, 4.69) is 36.2 Å². The SMILES string of the molecule is O=C(Cn1cc(Nc2ncnc3cc(OCCCNC4CC4)ccc23)nn1)Nc1cccc(F)c1. The van der Waals surface area contributed by atoms with Crippen LogP contribution in [0.25, 0.3) is 10.9 Å². The Hall–Kier alpha value is -4.12. The molecule has 10 nitrogen and oxygen atoms in total. The van der Waals surface area contributed by atoms with Gasteiger partial charge in [0.1, 0.15) is 30.3 Å². The number of hydrogen-bond donors (Lipinski definition) is 3. The van der Waals surface area contributed by atoms with Crippen LogP contribution in [0.4, 0.5) is 21.7 Å². The van der Waals surface area contributed by atoms with Crippen molar-refractivity contribution in [2.75, 3.05) is 23.8 Å². The molecule has 1 aliphatic rings. The molecule has 2 aromatic heterocycles. The molecular formula is C24H25FN8O2. The largest absolute Gasteiger partial charge is 0.493 e. The summed E-state index contributed by atoms with van der Waals surface area (Å²) in [6.45, 7) is 1.52. The van der Waals surface area contributed by atoms with Gasteiger partial charge in [-0.2, -0.15) is 0 Å². The van der Waals surface area contributed by atoms with Crippen LogP contribution < -0.4 is 20.7 Å². The first-order chi connectivity index (χ1) is 17.1. The van der Waals surface area contributed by atoms with Crippen LogP contribution in [-0.4, -0.2) is 50.1 Å². The van der Waals surface area contributed by atoms with Gasteiger partial charge in [-0.1, -0.05) is 11.3 Å². The van der Waals surface area contributed by atoms with Crippen molar-refractivity contribution in [3.63, 3.8) is 0 Å². The molecule has 0 aliphatic heterocycles. The summed E-state index contributed by atoms with van der Waals surface area (Å²) in [5, 5.41) is 18.0. The van der Waals surface area contributed by atoms with E-state index in [1.807, 2.05) is 18.2 Å². The van der Waals surface area contributed by atoms with Gasteiger partial charge in [0, 0.05) is 23.2 Å². The van der Waals surface area contributed by atoms with Crippen molar-refractivity contribution in [2.45, 2.75) is 31.8 Å². The molecule has 4 aromatic rings. The number of ether oxygens (including phenoxy) is 1. The van der Waals surface area contributed by atoms with Crippen molar-refractivity contribution in [3.05, 3.63) is 60.8 Å². The highest BCUT2D eigenvalue weighted by atomic mass is 19.1. The van der Waals surface area contributed by atoms with Crippen molar-refractivity contribution in [3.8, 4) is 5.75 Å². The average molecular weight is 477 g/mol. The van der Waals surface area contributed by atoms with Gasteiger partial charge in [-0.15, -0.1) is 5.10 Å². The molecule has 2 heterocycles. The number of aromatic nitrogens is 5. The summed E-state index contributed by atoms with van der Waals surface area (Å²) in [5.74, 6) is 0.963. The zero-order chi connectivity index (χ0) is 24.0. The number of carbonyl (C=O) groups is 1. The average Bonchev–Trinajstić information content (AvgIpc) is 3.57. The van der Waals surface area contributed by atoms with Crippen molar-refractivity contribution < 1.29 is 13.9 Å². The molecule has 180 valence electrons. The van der Waals surface area contributed by atoms with E-state index in [-0.39, 0.29) is 12.5 Å². The second-order valence-corrected chi connectivity index (χ2v) is 8.32. The normalized spacial score (nSPS) is 13.1. The standard InChI is InChI=1S/C24H25FN8O2/c25-16-3-1-4-18(11-16)29-23(34)14-33-13-22(31-32-33)30-24-20-8-7-19(12-21(20)27-15-28-24)35-10-2-9-26-17-5-6-17/h1,3-4,7-8,11-13,15,17,26H,2,5-6,9-10,14H2,(H,29,34)(H,27,28,30). The van der Waals surface area contributed by atoms with E-state index in [0.29, 0.717) is 30.0 Å². The Balaban J connectivity index is 1.18. The monoisotopic (exact) mass is 476 g/mol. The van der Waals surface area contributed by atoms with E-state index >= 15 is 0 Å². The minimum absolute atomic E-state index is 0.0768. The molecule has 0 unspecified atom stereocenters. The summed E-state index contributed by atoms with van der Waals surface area (Å²) in [6, 6.07) is 12.1. The summed E-state index contributed by atoms with van der Waals surface area (Å²) >= 11 is 0. The molecule has 35 heavy (non-hydrogen) atoms. The summed E-state index contributed by atoms with van der Waals surface area (Å²) < 4.78 is 20.5. The van der Waals surface area contributed by atoms with Gasteiger partial charge < -0.3 is 20.7 Å². The first-order valence-electron chi connectivity index (χ1n) is 11.5. The minimum atomic E-state index is -0.424. The second kappa shape index (κ2) is 10.4. The molecule has 11 heteroatoms. The molecule has 3 N–H and O–H groups in total. The summed E-state index contributed by atoms with van der Waals surface area (Å²) in [5.41, 5.74) is 1.11. The fourth-order valence-electron chi connectivity index (χ4n) is 3.55. The van der Waals surface area contributed by atoms with E-state index in [4.69, 9.17) is 4.74 Å². The Kier molecular flexibility index (Phi) is 6.75. The van der Waals surface area contributed by atoms with Crippen LogP contribution >= 0.6 is 0 Å². The van der Waals surface area contributed by atoms with Gasteiger partial charge in [0.2, 0.25) is 5.91 Å². The Morgan fingerprint density at radius 1 is 1.17 bits per heavy atom. The zero-order valence-electron chi connectivity index (χ0n) is 18.9. The van der Waals surface area contributed by atoms with Crippen LogP contribution in [-0.2, 0) is 11.3 Å². The van der Waals surface area contributed by atoms with Gasteiger partial charge >= 0.3 is 0 Å². The number of halogens is 1. The summed E-state index contributed by atoms with van der Waals surface area (Å²) in [4.78, 5) is 20.9. The highest BCUT2D eigenvalue weighted by Crippen LogP contribution is 2.25. The van der Waals surface area contributed by atoms with Gasteiger partial charge in [-0.05, 0) is 56.1 Å². The topological polar surface area (TPSA) is 119 Å². The molecule has 1 saturated carbocycles. The predicted octanol–water partition coefficient (Wildman–Crippen LogP) is 3.26. The Bertz CT molecular complexity index is 1320. The number of nitrogens with one attached hydrogen (secondary N) is 3. The predicted molar refractivity (Wildman–Crippen MR) is 129 cm³/mol. The van der Waals surface area contributed by atoms with Gasteiger partial charge in [0.15, 0.2) is 5.82 Å². The van der Waals surface area contributed by atoms with Crippen LogP contribution in [0.2, 0.25) is 0 Å². The van der Waals surface area contributed by atoms with Crippen LogP contribution in [0.5, 0.6) is 5.75 Å². The zero-order valence-corrected chi connectivity index (χ0v) is 18.9. The number of carbonyl (C=O) groups excluding carboxylic acids is 1. The minimum Gasteiger partial charge on any atom is -0.493 e. The maximum Gasteiger partial charge on any atom is 0.246 e. The van der Waals surface area contributed by atoms with E-state index in [9.17, 15) is 9.18 Å². The smallest absolute Gasteiger partial charge is 0.246 e. The maximum absolute atomic E-state index is 13.3. The van der Waals surface area contributed by atoms with Crippen LogP contribution in [0.3, 0.4) is 0 Å². The Morgan fingerprint density at radius 3 is 2.94 bits per heavy atom. The number of hydrogen-bond acceptors (Lipinski definition) is 8. The van der Waals surface area contributed by atoms with Crippen LogP contribution in [0.15, 0.2) is 55.0 Å². The molecule has 1 amide bonds. The first kappa shape index (κ1) is 22.7. The third-order valence-electron chi connectivity index (χ3n) is 5.41. The summed E-state index contributed by atoms with van der Waals surface area (Å²) in [7, 11) is 0. The number of anilines is 3. The molecule has 0 saturated heterocycles. The first-order valence-corrected chi connectivity index (χ1v) is 11.5. The highest BCUT2D eigenvalue weighted by Gasteiger charge is 2.19. The molecule has 5 rings (SSSR count). The van der Waals surface area contributed by atoms with E-state index in [1.165, 1.54) is 42.0 Å².